The van der Waals surface area contributed by atoms with E-state index in [1.807, 2.05) is 0 Å². The van der Waals surface area contributed by atoms with Crippen LogP contribution in [0.2, 0.25) is 0 Å². The molecule has 3 N–H and O–H groups in total. The number of alkyl halides is 2. The fraction of sp³-hybridized carbons (Fsp3) is 0.333. The fourth-order valence-corrected chi connectivity index (χ4v) is 4.09. The van der Waals surface area contributed by atoms with E-state index in [4.69, 9.17) is 9.84 Å². The molecular formula is C24H23F2N3O6. The van der Waals surface area contributed by atoms with Crippen LogP contribution in [-0.4, -0.2) is 52.9 Å². The molecule has 35 heavy (non-hydrogen) atoms. The number of aliphatic hydroxyl groups excluding tert-OH is 1. The van der Waals surface area contributed by atoms with Gasteiger partial charge in [-0.05, 0) is 47.9 Å². The van der Waals surface area contributed by atoms with Crippen LogP contribution in [0.15, 0.2) is 42.5 Å². The molecule has 184 valence electrons. The highest BCUT2D eigenvalue weighted by Crippen LogP contribution is 2.31. The van der Waals surface area contributed by atoms with Gasteiger partial charge in [0, 0.05) is 30.6 Å². The highest BCUT2D eigenvalue weighted by Gasteiger charge is 2.41. The average molecular weight is 487 g/mol. The normalized spacial score (nSPS) is 17.7. The van der Waals surface area contributed by atoms with Gasteiger partial charge in [0.25, 0.3) is 11.8 Å². The van der Waals surface area contributed by atoms with E-state index in [0.717, 1.165) is 12.1 Å². The van der Waals surface area contributed by atoms with Gasteiger partial charge in [0.1, 0.15) is 18.4 Å². The van der Waals surface area contributed by atoms with Gasteiger partial charge in [-0.25, -0.2) is 0 Å². The maximum atomic E-state index is 14.6. The maximum absolute atomic E-state index is 14.6. The van der Waals surface area contributed by atoms with E-state index >= 15 is 0 Å². The number of carbonyl (C=O) groups excluding carboxylic acids is 4. The molecule has 0 unspecified atom stereocenters. The summed E-state index contributed by atoms with van der Waals surface area (Å²) in [5.74, 6) is -6.23. The third kappa shape index (κ3) is 4.99. The summed E-state index contributed by atoms with van der Waals surface area (Å²) in [6.07, 6.45) is 0.372. The number of imide groups is 1. The molecule has 2 aromatic rings. The molecule has 4 rings (SSSR count). The second-order valence-electron chi connectivity index (χ2n) is 8.24. The third-order valence-corrected chi connectivity index (χ3v) is 5.90. The molecule has 11 heteroatoms. The first-order valence-corrected chi connectivity index (χ1v) is 11.0. The number of piperidine rings is 1. The van der Waals surface area contributed by atoms with Gasteiger partial charge >= 0.3 is 5.92 Å². The summed E-state index contributed by atoms with van der Waals surface area (Å²) >= 11 is 0. The number of benzene rings is 2. The molecule has 0 aliphatic carbocycles. The average Bonchev–Trinajstić information content (AvgIpc) is 3.16. The Kier molecular flexibility index (Phi) is 6.79. The van der Waals surface area contributed by atoms with E-state index in [2.05, 4.69) is 10.6 Å². The molecule has 2 aliphatic heterocycles. The van der Waals surface area contributed by atoms with Gasteiger partial charge in [0.2, 0.25) is 11.8 Å². The van der Waals surface area contributed by atoms with Crippen molar-refractivity contribution in [1.29, 1.82) is 0 Å². The number of nitrogens with zero attached hydrogens (tertiary/aromatic N) is 1. The number of hydrogen-bond acceptors (Lipinski definition) is 6. The molecule has 0 aromatic heterocycles. The van der Waals surface area contributed by atoms with Crippen LogP contribution in [0.5, 0.6) is 5.75 Å². The maximum Gasteiger partial charge on any atom is 0.349 e. The van der Waals surface area contributed by atoms with E-state index in [1.165, 1.54) is 23.1 Å². The number of fused-ring (bicyclic) bond motifs is 1. The van der Waals surface area contributed by atoms with Gasteiger partial charge in [-0.3, -0.25) is 24.5 Å². The van der Waals surface area contributed by atoms with Crippen molar-refractivity contribution in [2.75, 3.05) is 13.2 Å². The van der Waals surface area contributed by atoms with E-state index in [0.29, 0.717) is 16.7 Å². The van der Waals surface area contributed by atoms with E-state index in [1.54, 1.807) is 12.1 Å². The number of ether oxygens (including phenoxy) is 1. The first-order valence-electron chi connectivity index (χ1n) is 11.0. The lowest BCUT2D eigenvalue weighted by Gasteiger charge is -2.29. The fourth-order valence-electron chi connectivity index (χ4n) is 4.09. The molecule has 0 radical (unpaired) electrons. The van der Waals surface area contributed by atoms with E-state index in [9.17, 15) is 28.0 Å². The van der Waals surface area contributed by atoms with Crippen molar-refractivity contribution in [3.63, 3.8) is 0 Å². The molecule has 9 nitrogen and oxygen atoms in total. The van der Waals surface area contributed by atoms with Crippen LogP contribution in [0.1, 0.15) is 39.9 Å². The molecule has 0 spiro atoms. The topological polar surface area (TPSA) is 125 Å². The second kappa shape index (κ2) is 9.79. The van der Waals surface area contributed by atoms with Crippen molar-refractivity contribution in [3.05, 3.63) is 64.7 Å². The van der Waals surface area contributed by atoms with Gasteiger partial charge in [0.15, 0.2) is 0 Å². The van der Waals surface area contributed by atoms with Crippen molar-refractivity contribution in [2.45, 2.75) is 37.9 Å². The van der Waals surface area contributed by atoms with Crippen molar-refractivity contribution in [1.82, 2.24) is 15.5 Å². The van der Waals surface area contributed by atoms with Crippen LogP contribution in [-0.2, 0) is 33.4 Å². The SMILES string of the molecule is O=C1CC[C@@H](N2Cc3cc(CNC(=O)C(F)(F)c4ccc(OCCO)cc4)ccc3C2=O)C(=O)N1. The molecule has 1 saturated heterocycles. The predicted molar refractivity (Wildman–Crippen MR) is 117 cm³/mol. The lowest BCUT2D eigenvalue weighted by Crippen LogP contribution is -2.52. The number of hydrogen-bond donors (Lipinski definition) is 3. The lowest BCUT2D eigenvalue weighted by atomic mass is 10.0. The number of amides is 4. The van der Waals surface area contributed by atoms with Gasteiger partial charge < -0.3 is 20.1 Å². The minimum absolute atomic E-state index is 0.0217. The van der Waals surface area contributed by atoms with Crippen molar-refractivity contribution in [2.24, 2.45) is 0 Å². The summed E-state index contributed by atoms with van der Waals surface area (Å²) in [6, 6.07) is 8.70. The molecule has 0 bridgehead atoms. The zero-order valence-corrected chi connectivity index (χ0v) is 18.6. The summed E-state index contributed by atoms with van der Waals surface area (Å²) < 4.78 is 34.4. The van der Waals surface area contributed by atoms with Crippen LogP contribution >= 0.6 is 0 Å². The van der Waals surface area contributed by atoms with Crippen molar-refractivity contribution in [3.8, 4) is 5.75 Å². The molecular weight excluding hydrogens is 464 g/mol. The minimum Gasteiger partial charge on any atom is -0.491 e. The van der Waals surface area contributed by atoms with E-state index in [-0.39, 0.29) is 56.7 Å². The molecule has 1 atom stereocenters. The second-order valence-corrected chi connectivity index (χ2v) is 8.24. The Labute approximate surface area is 199 Å². The third-order valence-electron chi connectivity index (χ3n) is 5.90. The van der Waals surface area contributed by atoms with Crippen LogP contribution < -0.4 is 15.4 Å². The summed E-state index contributed by atoms with van der Waals surface area (Å²) in [5, 5.41) is 13.2. The predicted octanol–water partition coefficient (Wildman–Crippen LogP) is 1.23. The van der Waals surface area contributed by atoms with Gasteiger partial charge in [-0.15, -0.1) is 0 Å². The summed E-state index contributed by atoms with van der Waals surface area (Å²) in [4.78, 5) is 49.9. The van der Waals surface area contributed by atoms with Crippen molar-refractivity contribution < 1.29 is 37.8 Å². The Morgan fingerprint density at radius 2 is 1.91 bits per heavy atom. The molecule has 2 aromatic carbocycles. The quantitative estimate of drug-likeness (QED) is 0.481. The summed E-state index contributed by atoms with van der Waals surface area (Å²) in [5.41, 5.74) is 1.000. The first-order chi connectivity index (χ1) is 16.7. The largest absolute Gasteiger partial charge is 0.491 e. The summed E-state index contributed by atoms with van der Waals surface area (Å²) in [6.45, 7) is -0.241. The van der Waals surface area contributed by atoms with Crippen LogP contribution in [0.4, 0.5) is 8.78 Å². The van der Waals surface area contributed by atoms with Crippen LogP contribution in [0.3, 0.4) is 0 Å². The zero-order chi connectivity index (χ0) is 25.2. The standard InChI is InChI=1S/C24H23F2N3O6/c25-24(26,16-2-4-17(5-3-16)35-10-9-30)23(34)27-12-14-1-6-18-15(11-14)13-29(22(18)33)19-7-8-20(31)28-21(19)32/h1-6,11,19,30H,7-10,12-13H2,(H,27,34)(H,28,31,32)/t19-/m1/s1. The van der Waals surface area contributed by atoms with Crippen LogP contribution in [0, 0.1) is 0 Å². The molecule has 2 aliphatic rings. The number of nitrogens with one attached hydrogen (secondary N) is 2. The zero-order valence-electron chi connectivity index (χ0n) is 18.6. The monoisotopic (exact) mass is 487 g/mol. The minimum atomic E-state index is -3.79. The number of rotatable bonds is 8. The van der Waals surface area contributed by atoms with Gasteiger partial charge in [-0.1, -0.05) is 12.1 Å². The Bertz CT molecular complexity index is 1170. The van der Waals surface area contributed by atoms with Crippen LogP contribution in [0.25, 0.3) is 0 Å². The van der Waals surface area contributed by atoms with E-state index < -0.39 is 29.3 Å². The Morgan fingerprint density at radius 1 is 1.17 bits per heavy atom. The molecule has 4 amide bonds. The highest BCUT2D eigenvalue weighted by molar-refractivity contribution is 6.05. The molecule has 1 fully saturated rings. The lowest BCUT2D eigenvalue weighted by molar-refractivity contribution is -0.147. The summed E-state index contributed by atoms with van der Waals surface area (Å²) in [7, 11) is 0. The molecule has 2 heterocycles. The highest BCUT2D eigenvalue weighted by atomic mass is 19.3. The Balaban J connectivity index is 1.39. The number of carbonyl (C=O) groups is 4. The van der Waals surface area contributed by atoms with Gasteiger partial charge in [-0.2, -0.15) is 8.78 Å². The molecule has 0 saturated carbocycles. The Morgan fingerprint density at radius 3 is 2.60 bits per heavy atom. The van der Waals surface area contributed by atoms with Gasteiger partial charge in [0.05, 0.1) is 6.61 Å². The Hall–Kier alpha value is -3.86. The van der Waals surface area contributed by atoms with Crippen molar-refractivity contribution >= 4 is 23.6 Å². The number of aliphatic hydroxyl groups is 1. The first kappa shape index (κ1) is 24.3. The number of halogens is 2. The smallest absolute Gasteiger partial charge is 0.349 e.